The fourth-order valence-corrected chi connectivity index (χ4v) is 0. The van der Waals surface area contributed by atoms with Crippen molar-refractivity contribution in [2.24, 2.45) is 10.5 Å². The third kappa shape index (κ3) is 776. The van der Waals surface area contributed by atoms with Gasteiger partial charge >= 0.3 is 21.0 Å². The van der Waals surface area contributed by atoms with Crippen LogP contribution in [0.2, 0.25) is 0 Å². The molecule has 0 aromatic rings. The van der Waals surface area contributed by atoms with Gasteiger partial charge < -0.3 is 11.9 Å². The molecule has 0 fully saturated rings. The summed E-state index contributed by atoms with van der Waals surface area (Å²) in [6.07, 6.45) is 0. The van der Waals surface area contributed by atoms with Crippen LogP contribution in [0.1, 0.15) is 13.8 Å². The van der Waals surface area contributed by atoms with Crippen LogP contribution in [0.5, 0.6) is 0 Å². The minimum atomic E-state index is 0. The molecule has 7 N–H and O–H groups in total. The van der Waals surface area contributed by atoms with Gasteiger partial charge in [-0.25, -0.2) is 0 Å². The van der Waals surface area contributed by atoms with Crippen molar-refractivity contribution in [3.63, 3.8) is 0 Å². The Kier molecular flexibility index (Phi) is 36.1. The van der Waals surface area contributed by atoms with Crippen LogP contribution >= 0.6 is 0 Å². The van der Waals surface area contributed by atoms with E-state index in [0.29, 0.717) is 6.04 Å². The maximum absolute atomic E-state index is 5.11. The second-order valence-corrected chi connectivity index (χ2v) is 1.24. The van der Waals surface area contributed by atoms with Gasteiger partial charge in [0.1, 0.15) is 0 Å². The van der Waals surface area contributed by atoms with Gasteiger partial charge in [0.2, 0.25) is 0 Å². The molecule has 0 saturated heterocycles. The zero-order chi connectivity index (χ0) is 5.58. The fourth-order valence-electron chi connectivity index (χ4n) is 0. The molecule has 0 aliphatic carbocycles. The first-order chi connectivity index (χ1) is 2.73. The summed E-state index contributed by atoms with van der Waals surface area (Å²) in [6.45, 7) is 3.89. The molecular formula is C3H14FeN3. The summed E-state index contributed by atoms with van der Waals surface area (Å²) < 4.78 is 4.25. The van der Waals surface area contributed by atoms with E-state index in [4.69, 9.17) is 5.73 Å². The van der Waals surface area contributed by atoms with E-state index in [2.05, 4.69) is 21.0 Å². The molecule has 0 aromatic carbocycles. The quantitative estimate of drug-likeness (QED) is 0.420. The zero-order valence-corrected chi connectivity index (χ0v) is 5.90. The monoisotopic (exact) mass is 148 g/mol. The van der Waals surface area contributed by atoms with E-state index in [-0.39, 0.29) is 6.15 Å². The van der Waals surface area contributed by atoms with Crippen LogP contribution in [0, 0.1) is 0 Å². The van der Waals surface area contributed by atoms with Crippen molar-refractivity contribution in [1.82, 2.24) is 6.15 Å². The molecule has 0 heterocycles. The van der Waals surface area contributed by atoms with Crippen LogP contribution < -0.4 is 16.6 Å². The van der Waals surface area contributed by atoms with Crippen LogP contribution in [-0.4, -0.2) is 6.04 Å². The van der Waals surface area contributed by atoms with Crippen molar-refractivity contribution in [2.75, 3.05) is 0 Å². The molecule has 0 radical (unpaired) electrons. The molecule has 0 bridgehead atoms. The average Bonchev–Trinajstić information content (AvgIpc) is 1.41. The van der Waals surface area contributed by atoms with E-state index >= 15 is 0 Å². The predicted molar refractivity (Wildman–Crippen MR) is 28.5 cm³/mol. The van der Waals surface area contributed by atoms with Gasteiger partial charge in [-0.05, 0) is 6.04 Å². The Morgan fingerprint density at radius 2 is 1.29 bits per heavy atom. The zero-order valence-electron chi connectivity index (χ0n) is 4.79. The first kappa shape index (κ1) is 15.7. The van der Waals surface area contributed by atoms with Crippen molar-refractivity contribution < 1.29 is 16.2 Å². The Balaban J connectivity index is -0.0000000480. The molecule has 0 spiro atoms. The van der Waals surface area contributed by atoms with E-state index in [1.165, 1.54) is 0 Å². The van der Waals surface area contributed by atoms with E-state index < -0.39 is 0 Å². The molecule has 0 saturated carbocycles. The second kappa shape index (κ2) is 16.1. The second-order valence-electron chi connectivity index (χ2n) is 1.24. The Hall–Kier alpha value is 0.399. The Labute approximate surface area is 53.4 Å². The number of rotatable bonds is 0. The molecule has 3 nitrogen and oxygen atoms in total. The van der Waals surface area contributed by atoms with Gasteiger partial charge in [0.25, 0.3) is 0 Å². The number of hydrogen-bond acceptors (Lipinski definition) is 3. The van der Waals surface area contributed by atoms with E-state index in [0.717, 1.165) is 0 Å². The molecule has 0 amide bonds. The summed E-state index contributed by atoms with van der Waals surface area (Å²) in [4.78, 5) is 0. The normalized spacial score (nSPS) is 6.00. The van der Waals surface area contributed by atoms with Crippen molar-refractivity contribution >= 4 is 0 Å². The topological polar surface area (TPSA) is 87.0 Å². The van der Waals surface area contributed by atoms with Crippen molar-refractivity contribution in [1.29, 1.82) is 0 Å². The SMILES string of the molecule is CC(C)N.N.[NH2][Fe]. The number of hydrogen-bond donors (Lipinski definition) is 3. The van der Waals surface area contributed by atoms with Gasteiger partial charge in [-0.3, -0.25) is 0 Å². The molecule has 0 aromatic heterocycles. The molecule has 0 rings (SSSR count). The Morgan fingerprint density at radius 1 is 1.29 bits per heavy atom. The average molecular weight is 148 g/mol. The Morgan fingerprint density at radius 3 is 1.29 bits per heavy atom. The Bertz CT molecular complexity index is 14.9. The van der Waals surface area contributed by atoms with Crippen molar-refractivity contribution in [2.45, 2.75) is 19.9 Å². The van der Waals surface area contributed by atoms with Crippen LogP contribution in [0.3, 0.4) is 0 Å². The third-order valence-corrected chi connectivity index (χ3v) is 0. The number of nitrogens with two attached hydrogens (primary N) is 2. The summed E-state index contributed by atoms with van der Waals surface area (Å²) in [5.74, 6) is 0. The van der Waals surface area contributed by atoms with E-state index in [1.54, 1.807) is 0 Å². The fraction of sp³-hybridized carbons (Fsp3) is 1.00. The van der Waals surface area contributed by atoms with Gasteiger partial charge in [-0.15, -0.1) is 0 Å². The molecular weight excluding hydrogens is 134 g/mol. The standard InChI is InChI=1S/C3H9N.Fe.H3N.H2N/c1-3(2)4;;;/h3H,4H2,1-2H3;;1H3;1H2/q;+1;;-1. The van der Waals surface area contributed by atoms with E-state index in [1.807, 2.05) is 13.8 Å². The predicted octanol–water partition coefficient (Wildman–Crippen LogP) is -0.0776. The van der Waals surface area contributed by atoms with Gasteiger partial charge in [0.15, 0.2) is 0 Å². The molecule has 4 heteroatoms. The van der Waals surface area contributed by atoms with Crippen LogP contribution in [0.4, 0.5) is 0 Å². The van der Waals surface area contributed by atoms with Gasteiger partial charge in [0, 0.05) is 0 Å². The first-order valence-corrected chi connectivity index (χ1v) is 2.33. The maximum atomic E-state index is 5.11. The van der Waals surface area contributed by atoms with Gasteiger partial charge in [0.05, 0.1) is 0 Å². The minimum absolute atomic E-state index is 0. The van der Waals surface area contributed by atoms with Crippen LogP contribution in [0.15, 0.2) is 0 Å². The van der Waals surface area contributed by atoms with Crippen molar-refractivity contribution in [3.8, 4) is 0 Å². The summed E-state index contributed by atoms with van der Waals surface area (Å²) >= 11 is 2.75. The summed E-state index contributed by atoms with van der Waals surface area (Å²) in [5, 5.41) is 0. The molecule has 0 unspecified atom stereocenters. The third-order valence-electron chi connectivity index (χ3n) is 0. The summed E-state index contributed by atoms with van der Waals surface area (Å²) in [6, 6.07) is 0.333. The summed E-state index contributed by atoms with van der Waals surface area (Å²) in [7, 11) is 0. The summed E-state index contributed by atoms with van der Waals surface area (Å²) in [5.41, 5.74) is 5.11. The molecule has 0 aliphatic heterocycles. The van der Waals surface area contributed by atoms with Crippen LogP contribution in [0.25, 0.3) is 0 Å². The molecule has 0 atom stereocenters. The molecule has 0 aliphatic rings. The van der Waals surface area contributed by atoms with Gasteiger partial charge in [-0.2, -0.15) is 0 Å². The van der Waals surface area contributed by atoms with Crippen LogP contribution in [-0.2, 0) is 16.2 Å². The molecule has 7 heavy (non-hydrogen) atoms. The van der Waals surface area contributed by atoms with Gasteiger partial charge in [-0.1, -0.05) is 13.8 Å². The first-order valence-electron chi connectivity index (χ1n) is 1.69. The van der Waals surface area contributed by atoms with Crippen molar-refractivity contribution in [3.05, 3.63) is 0 Å². The molecule has 49 valence electrons. The van der Waals surface area contributed by atoms with E-state index in [9.17, 15) is 0 Å².